The second-order valence-electron chi connectivity index (χ2n) is 10.5. The molecule has 0 aromatic heterocycles. The van der Waals surface area contributed by atoms with Crippen LogP contribution in [-0.4, -0.2) is 59.7 Å². The topological polar surface area (TPSA) is 92.4 Å². The molecule has 2 amide bonds. The van der Waals surface area contributed by atoms with E-state index in [9.17, 15) is 14.7 Å². The van der Waals surface area contributed by atoms with Crippen LogP contribution in [0.4, 0.5) is 0 Å². The number of amides is 2. The van der Waals surface area contributed by atoms with Gasteiger partial charge in [-0.1, -0.05) is 80.1 Å². The maximum Gasteiger partial charge on any atom is 0.346 e. The van der Waals surface area contributed by atoms with E-state index in [1.807, 2.05) is 18.2 Å². The summed E-state index contributed by atoms with van der Waals surface area (Å²) in [6.07, 6.45) is 2.21. The van der Waals surface area contributed by atoms with Crippen LogP contribution in [0.2, 0.25) is 0 Å². The van der Waals surface area contributed by atoms with Crippen LogP contribution in [0, 0.1) is 6.92 Å². The summed E-state index contributed by atoms with van der Waals surface area (Å²) in [5.74, 6) is -0.645. The number of aryl methyl sites for hydroxylation is 1. The zero-order valence-corrected chi connectivity index (χ0v) is 23.6. The largest absolute Gasteiger partial charge is 0.386 e. The van der Waals surface area contributed by atoms with Crippen LogP contribution < -0.4 is 11.1 Å². The van der Waals surface area contributed by atoms with Crippen molar-refractivity contribution in [2.45, 2.75) is 58.6 Å². The third kappa shape index (κ3) is 8.09. The molecular weight excluding hydrogens is 486 g/mol. The van der Waals surface area contributed by atoms with Gasteiger partial charge < -0.3 is 16.2 Å². The monoisotopic (exact) mass is 530 g/mol. The van der Waals surface area contributed by atoms with Gasteiger partial charge in [0.15, 0.2) is 0 Å². The number of nitrogens with two attached hydrogens (primary N) is 1. The van der Waals surface area contributed by atoms with Crippen molar-refractivity contribution in [1.29, 1.82) is 0 Å². The summed E-state index contributed by atoms with van der Waals surface area (Å²) >= 11 is 0. The molecule has 39 heavy (non-hydrogen) atoms. The molecule has 0 aliphatic rings. The molecule has 0 aliphatic carbocycles. The van der Waals surface area contributed by atoms with Crippen molar-refractivity contribution in [3.8, 4) is 0 Å². The highest BCUT2D eigenvalue weighted by Gasteiger charge is 2.46. The van der Waals surface area contributed by atoms with Crippen LogP contribution in [0.1, 0.15) is 64.1 Å². The van der Waals surface area contributed by atoms with Gasteiger partial charge in [0, 0.05) is 18.5 Å². The molecule has 0 saturated carbocycles. The van der Waals surface area contributed by atoms with Gasteiger partial charge in [0.05, 0.1) is 18.7 Å². The Morgan fingerprint density at radius 1 is 0.872 bits per heavy atom. The third-order valence-corrected chi connectivity index (χ3v) is 7.47. The van der Waals surface area contributed by atoms with Gasteiger partial charge >= 0.3 is 5.91 Å². The van der Waals surface area contributed by atoms with Crippen molar-refractivity contribution < 1.29 is 19.2 Å². The second kappa shape index (κ2) is 14.7. The Labute approximate surface area is 233 Å². The molecule has 0 spiro atoms. The van der Waals surface area contributed by atoms with Gasteiger partial charge in [-0.3, -0.25) is 9.28 Å². The van der Waals surface area contributed by atoms with E-state index in [2.05, 4.69) is 62.5 Å². The minimum absolute atomic E-state index is 0.0820. The van der Waals surface area contributed by atoms with E-state index >= 15 is 0 Å². The van der Waals surface area contributed by atoms with Crippen LogP contribution in [0.3, 0.4) is 0 Å². The van der Waals surface area contributed by atoms with E-state index in [0.29, 0.717) is 37.2 Å². The lowest BCUT2D eigenvalue weighted by atomic mass is 9.94. The molecule has 3 rings (SSSR count). The first-order valence-electron chi connectivity index (χ1n) is 14.1. The fraction of sp³-hybridized carbons (Fsp3) is 0.394. The number of carbonyl (C=O) groups excluding carboxylic acids is 2. The van der Waals surface area contributed by atoms with E-state index in [1.165, 1.54) is 11.1 Å². The maximum absolute atomic E-state index is 14.4. The van der Waals surface area contributed by atoms with Gasteiger partial charge in [0.1, 0.15) is 12.1 Å². The molecule has 0 heterocycles. The smallest absolute Gasteiger partial charge is 0.346 e. The van der Waals surface area contributed by atoms with Gasteiger partial charge in [-0.15, -0.1) is 0 Å². The zero-order chi connectivity index (χ0) is 28.3. The minimum atomic E-state index is -0.760. The number of hydrogen-bond acceptors (Lipinski definition) is 4. The number of nitrogens with zero attached hydrogens (tertiary/aromatic N) is 1. The van der Waals surface area contributed by atoms with Crippen molar-refractivity contribution in [2.24, 2.45) is 5.73 Å². The Bertz CT molecular complexity index is 1190. The first kappa shape index (κ1) is 30.2. The number of hydrogen-bond donors (Lipinski definition) is 3. The van der Waals surface area contributed by atoms with Crippen molar-refractivity contribution >= 4 is 11.8 Å². The summed E-state index contributed by atoms with van der Waals surface area (Å²) in [6.45, 7) is 8.51. The number of rotatable bonds is 15. The number of primary amides is 1. The summed E-state index contributed by atoms with van der Waals surface area (Å²) in [7, 11) is 0. The minimum Gasteiger partial charge on any atom is -0.386 e. The van der Waals surface area contributed by atoms with Gasteiger partial charge in [-0.25, -0.2) is 4.79 Å². The summed E-state index contributed by atoms with van der Waals surface area (Å²) < 4.78 is 0.116. The van der Waals surface area contributed by atoms with Crippen molar-refractivity contribution in [2.75, 3.05) is 26.2 Å². The average Bonchev–Trinajstić information content (AvgIpc) is 2.95. The second-order valence-corrected chi connectivity index (χ2v) is 10.5. The normalized spacial score (nSPS) is 13.1. The summed E-state index contributed by atoms with van der Waals surface area (Å²) in [5.41, 5.74) is 9.85. The predicted octanol–water partition coefficient (Wildman–Crippen LogP) is 4.68. The Morgan fingerprint density at radius 3 is 2.13 bits per heavy atom. The van der Waals surface area contributed by atoms with Crippen molar-refractivity contribution in [3.63, 3.8) is 0 Å². The lowest BCUT2D eigenvalue weighted by molar-refractivity contribution is -0.878. The van der Waals surface area contributed by atoms with Gasteiger partial charge in [0.25, 0.3) is 0 Å². The van der Waals surface area contributed by atoms with Crippen LogP contribution >= 0.6 is 0 Å². The highest BCUT2D eigenvalue weighted by atomic mass is 16.3. The molecule has 0 unspecified atom stereocenters. The van der Waals surface area contributed by atoms with Crippen molar-refractivity contribution in [1.82, 2.24) is 5.32 Å². The first-order valence-corrected chi connectivity index (χ1v) is 14.1. The predicted molar refractivity (Wildman–Crippen MR) is 158 cm³/mol. The first-order chi connectivity index (χ1) is 18.8. The standard InChI is InChI=1S/C33H43N3O3/c1-4-20-36(21-5-2,33(39)29-13-9-12-28(23-29)32(34)38)30(22-27-10-7-6-8-11-27)31(37)24-35-19-18-26-16-14-25(3)15-17-26/h6-17,23,30-31,35,37H,4-5,18-22,24H2,1-3H3,(H-,34,38)/p+1/t30-,31+/m0/s1. The molecule has 208 valence electrons. The number of quaternary nitrogens is 1. The molecular formula is C33H44N3O3+. The lowest BCUT2D eigenvalue weighted by Gasteiger charge is -2.44. The van der Waals surface area contributed by atoms with E-state index in [1.54, 1.807) is 24.3 Å². The van der Waals surface area contributed by atoms with Crippen LogP contribution in [0.15, 0.2) is 78.9 Å². The maximum atomic E-state index is 14.4. The van der Waals surface area contributed by atoms with Gasteiger partial charge in [0.2, 0.25) is 5.91 Å². The number of aliphatic hydroxyl groups is 1. The Balaban J connectivity index is 1.92. The van der Waals surface area contributed by atoms with Crippen LogP contribution in [0.5, 0.6) is 0 Å². The molecule has 0 radical (unpaired) electrons. The molecule has 3 aromatic carbocycles. The molecule has 0 bridgehead atoms. The molecule has 0 aliphatic heterocycles. The van der Waals surface area contributed by atoms with Crippen molar-refractivity contribution in [3.05, 3.63) is 107 Å². The number of carbonyl (C=O) groups is 2. The summed E-state index contributed by atoms with van der Waals surface area (Å²) in [4.78, 5) is 26.3. The van der Waals surface area contributed by atoms with E-state index in [-0.39, 0.29) is 16.4 Å². The molecule has 2 atom stereocenters. The Morgan fingerprint density at radius 2 is 1.51 bits per heavy atom. The number of nitrogens with one attached hydrogen (secondary N) is 1. The zero-order valence-electron chi connectivity index (χ0n) is 23.6. The van der Waals surface area contributed by atoms with Gasteiger partial charge in [-0.2, -0.15) is 0 Å². The lowest BCUT2D eigenvalue weighted by Crippen LogP contribution is -2.65. The van der Waals surface area contributed by atoms with E-state index in [4.69, 9.17) is 5.73 Å². The third-order valence-electron chi connectivity index (χ3n) is 7.47. The summed E-state index contributed by atoms with van der Waals surface area (Å²) in [5, 5.41) is 15.2. The molecule has 3 aromatic rings. The summed E-state index contributed by atoms with van der Waals surface area (Å²) in [6, 6.07) is 24.8. The fourth-order valence-electron chi connectivity index (χ4n) is 5.53. The Kier molecular flexibility index (Phi) is 11.4. The van der Waals surface area contributed by atoms with Gasteiger partial charge in [-0.05, 0) is 62.1 Å². The average molecular weight is 531 g/mol. The van der Waals surface area contributed by atoms with E-state index < -0.39 is 12.0 Å². The molecule has 6 heteroatoms. The fourth-order valence-corrected chi connectivity index (χ4v) is 5.53. The Hall–Kier alpha value is -3.32. The quantitative estimate of drug-likeness (QED) is 0.197. The molecule has 0 saturated heterocycles. The highest BCUT2D eigenvalue weighted by molar-refractivity contribution is 5.97. The molecule has 4 N–H and O–H groups in total. The molecule has 6 nitrogen and oxygen atoms in total. The number of benzene rings is 3. The number of aliphatic hydroxyl groups excluding tert-OH is 1. The van der Waals surface area contributed by atoms with Crippen LogP contribution in [-0.2, 0) is 12.8 Å². The SMILES string of the molecule is CCC[N+](CCC)(C(=O)c1cccc(C(N)=O)c1)[C@@H](Cc1ccccc1)[C@H](O)CNCCc1ccc(C)cc1. The van der Waals surface area contributed by atoms with E-state index in [0.717, 1.165) is 31.4 Å². The highest BCUT2D eigenvalue weighted by Crippen LogP contribution is 2.27. The molecule has 0 fully saturated rings. The van der Waals surface area contributed by atoms with Crippen LogP contribution in [0.25, 0.3) is 0 Å².